The highest BCUT2D eigenvalue weighted by molar-refractivity contribution is 6.29. The van der Waals surface area contributed by atoms with Crippen molar-refractivity contribution in [1.29, 1.82) is 0 Å². The predicted octanol–water partition coefficient (Wildman–Crippen LogP) is 1.31. The van der Waals surface area contributed by atoms with Crippen molar-refractivity contribution in [3.8, 4) is 0 Å². The lowest BCUT2D eigenvalue weighted by atomic mass is 10.3. The summed E-state index contributed by atoms with van der Waals surface area (Å²) in [6.45, 7) is -0.0645. The Morgan fingerprint density at radius 3 is 3.00 bits per heavy atom. The van der Waals surface area contributed by atoms with Crippen molar-refractivity contribution >= 4 is 23.1 Å². The summed E-state index contributed by atoms with van der Waals surface area (Å²) in [6.07, 6.45) is 0.321. The highest BCUT2D eigenvalue weighted by Crippen LogP contribution is 2.20. The molecule has 90 valence electrons. The molecule has 6 heteroatoms. The van der Waals surface area contributed by atoms with Gasteiger partial charge in [0.15, 0.2) is 5.69 Å². The first-order valence-corrected chi connectivity index (χ1v) is 5.42. The summed E-state index contributed by atoms with van der Waals surface area (Å²) < 4.78 is 6.28. The second-order valence-electron chi connectivity index (χ2n) is 3.41. The third-order valence-electron chi connectivity index (χ3n) is 2.40. The molecule has 0 unspecified atom stereocenters. The van der Waals surface area contributed by atoms with Crippen molar-refractivity contribution in [2.24, 2.45) is 0 Å². The monoisotopic (exact) mass is 254 g/mol. The van der Waals surface area contributed by atoms with Gasteiger partial charge in [0, 0.05) is 6.42 Å². The van der Waals surface area contributed by atoms with Gasteiger partial charge in [-0.15, -0.1) is 0 Å². The van der Waals surface area contributed by atoms with E-state index in [0.717, 1.165) is 0 Å². The first-order chi connectivity index (χ1) is 8.19. The Morgan fingerprint density at radius 1 is 1.59 bits per heavy atom. The number of hydrogen-bond donors (Lipinski definition) is 1. The van der Waals surface area contributed by atoms with Crippen LogP contribution in [0.3, 0.4) is 0 Å². The molecule has 0 aliphatic carbocycles. The first-order valence-electron chi connectivity index (χ1n) is 5.04. The Kier molecular flexibility index (Phi) is 3.31. The summed E-state index contributed by atoms with van der Waals surface area (Å²) >= 11 is 6.05. The van der Waals surface area contributed by atoms with Gasteiger partial charge in [-0.05, 0) is 12.1 Å². The molecule has 0 radical (unpaired) electrons. The molecule has 0 atom stereocenters. The standard InChI is InChI=1S/C11H11ClN2O3/c1-17-11(16)10-7-3-2-4-8(12)14(7)9(13-10)5-6-15/h2-4,15H,5-6H2,1H3. The molecule has 0 saturated heterocycles. The van der Waals surface area contributed by atoms with Gasteiger partial charge in [0.1, 0.15) is 11.0 Å². The average molecular weight is 255 g/mol. The van der Waals surface area contributed by atoms with Gasteiger partial charge in [-0.25, -0.2) is 9.78 Å². The van der Waals surface area contributed by atoms with E-state index in [-0.39, 0.29) is 12.3 Å². The number of imidazole rings is 1. The van der Waals surface area contributed by atoms with Crippen LogP contribution in [0.5, 0.6) is 0 Å². The van der Waals surface area contributed by atoms with E-state index in [1.54, 1.807) is 22.6 Å². The summed E-state index contributed by atoms with van der Waals surface area (Å²) in [7, 11) is 1.30. The Balaban J connectivity index is 2.70. The maximum atomic E-state index is 11.6. The van der Waals surface area contributed by atoms with Gasteiger partial charge in [-0.3, -0.25) is 4.40 Å². The molecule has 5 nitrogen and oxygen atoms in total. The van der Waals surface area contributed by atoms with E-state index in [2.05, 4.69) is 9.72 Å². The molecule has 0 fully saturated rings. The van der Waals surface area contributed by atoms with Crippen molar-refractivity contribution in [2.75, 3.05) is 13.7 Å². The van der Waals surface area contributed by atoms with E-state index < -0.39 is 5.97 Å². The zero-order valence-electron chi connectivity index (χ0n) is 9.18. The molecular formula is C11H11ClN2O3. The van der Waals surface area contributed by atoms with Crippen LogP contribution in [0.1, 0.15) is 16.3 Å². The van der Waals surface area contributed by atoms with Crippen LogP contribution in [-0.2, 0) is 11.2 Å². The van der Waals surface area contributed by atoms with Crippen molar-refractivity contribution in [2.45, 2.75) is 6.42 Å². The number of aliphatic hydroxyl groups is 1. The third kappa shape index (κ3) is 1.99. The minimum absolute atomic E-state index is 0.0645. The van der Waals surface area contributed by atoms with Crippen LogP contribution in [0.2, 0.25) is 5.15 Å². The molecule has 2 aromatic rings. The second kappa shape index (κ2) is 4.73. The van der Waals surface area contributed by atoms with E-state index in [1.165, 1.54) is 7.11 Å². The number of pyridine rings is 1. The van der Waals surface area contributed by atoms with Gasteiger partial charge < -0.3 is 9.84 Å². The first kappa shape index (κ1) is 11.9. The molecule has 0 aromatic carbocycles. The van der Waals surface area contributed by atoms with Crippen molar-refractivity contribution in [3.05, 3.63) is 34.9 Å². The molecule has 2 rings (SSSR count). The third-order valence-corrected chi connectivity index (χ3v) is 2.69. The van der Waals surface area contributed by atoms with Crippen LogP contribution in [0.25, 0.3) is 5.52 Å². The molecule has 2 aromatic heterocycles. The molecule has 2 heterocycles. The number of halogens is 1. The number of hydrogen-bond acceptors (Lipinski definition) is 4. The van der Waals surface area contributed by atoms with Gasteiger partial charge in [-0.2, -0.15) is 0 Å². The molecule has 1 N–H and O–H groups in total. The van der Waals surface area contributed by atoms with Crippen LogP contribution in [-0.4, -0.2) is 34.2 Å². The lowest BCUT2D eigenvalue weighted by molar-refractivity contribution is 0.0596. The largest absolute Gasteiger partial charge is 0.464 e. The minimum atomic E-state index is -0.519. The molecule has 0 aliphatic heterocycles. The quantitative estimate of drug-likeness (QED) is 0.663. The number of rotatable bonds is 3. The van der Waals surface area contributed by atoms with Crippen molar-refractivity contribution in [3.63, 3.8) is 0 Å². The number of methoxy groups -OCH3 is 1. The summed E-state index contributed by atoms with van der Waals surface area (Å²) in [5.41, 5.74) is 0.784. The zero-order chi connectivity index (χ0) is 12.4. The lowest BCUT2D eigenvalue weighted by Crippen LogP contribution is -2.02. The SMILES string of the molecule is COC(=O)c1nc(CCO)n2c(Cl)cccc12. The van der Waals surface area contributed by atoms with Crippen molar-refractivity contribution in [1.82, 2.24) is 9.38 Å². The second-order valence-corrected chi connectivity index (χ2v) is 3.80. The van der Waals surface area contributed by atoms with Gasteiger partial charge in [0.25, 0.3) is 0 Å². The summed E-state index contributed by atoms with van der Waals surface area (Å²) in [5, 5.41) is 9.40. The number of carbonyl (C=O) groups is 1. The van der Waals surface area contributed by atoms with Gasteiger partial charge in [-0.1, -0.05) is 17.7 Å². The zero-order valence-corrected chi connectivity index (χ0v) is 9.94. The van der Waals surface area contributed by atoms with E-state index in [4.69, 9.17) is 16.7 Å². The highest BCUT2D eigenvalue weighted by Gasteiger charge is 2.18. The number of carbonyl (C=O) groups excluding carboxylic acids is 1. The van der Waals surface area contributed by atoms with Gasteiger partial charge in [0.05, 0.1) is 19.2 Å². The maximum absolute atomic E-state index is 11.6. The van der Waals surface area contributed by atoms with E-state index >= 15 is 0 Å². The summed E-state index contributed by atoms with van der Waals surface area (Å²) in [4.78, 5) is 15.7. The van der Waals surface area contributed by atoms with E-state index in [9.17, 15) is 4.79 Å². The number of fused-ring (bicyclic) bond motifs is 1. The normalized spacial score (nSPS) is 10.8. The molecule has 0 amide bonds. The predicted molar refractivity (Wildman–Crippen MR) is 62.3 cm³/mol. The number of ether oxygens (including phenoxy) is 1. The number of esters is 1. The minimum Gasteiger partial charge on any atom is -0.464 e. The number of aliphatic hydroxyl groups excluding tert-OH is 1. The smallest absolute Gasteiger partial charge is 0.358 e. The van der Waals surface area contributed by atoms with E-state index in [0.29, 0.717) is 22.9 Å². The molecule has 0 saturated carbocycles. The maximum Gasteiger partial charge on any atom is 0.358 e. The fraction of sp³-hybridized carbons (Fsp3) is 0.273. The van der Waals surface area contributed by atoms with Crippen LogP contribution >= 0.6 is 11.6 Å². The fourth-order valence-corrected chi connectivity index (χ4v) is 1.94. The van der Waals surface area contributed by atoms with Crippen LogP contribution < -0.4 is 0 Å². The molecule has 0 aliphatic rings. The summed E-state index contributed by atoms with van der Waals surface area (Å²) in [6, 6.07) is 5.15. The highest BCUT2D eigenvalue weighted by atomic mass is 35.5. The lowest BCUT2D eigenvalue weighted by Gasteiger charge is -2.01. The van der Waals surface area contributed by atoms with Crippen LogP contribution in [0.4, 0.5) is 0 Å². The topological polar surface area (TPSA) is 63.8 Å². The van der Waals surface area contributed by atoms with Crippen LogP contribution in [0, 0.1) is 0 Å². The Labute approximate surface area is 103 Å². The molecule has 0 bridgehead atoms. The van der Waals surface area contributed by atoms with Gasteiger partial charge in [0.2, 0.25) is 0 Å². The van der Waals surface area contributed by atoms with Crippen LogP contribution in [0.15, 0.2) is 18.2 Å². The average Bonchev–Trinajstić information content (AvgIpc) is 2.69. The van der Waals surface area contributed by atoms with Gasteiger partial charge >= 0.3 is 5.97 Å². The van der Waals surface area contributed by atoms with E-state index in [1.807, 2.05) is 0 Å². The Morgan fingerprint density at radius 2 is 2.35 bits per heavy atom. The fourth-order valence-electron chi connectivity index (χ4n) is 1.68. The molecule has 0 spiro atoms. The number of aromatic nitrogens is 2. The number of nitrogens with zero attached hydrogens (tertiary/aromatic N) is 2. The molecular weight excluding hydrogens is 244 g/mol. The summed E-state index contributed by atoms with van der Waals surface area (Å²) in [5.74, 6) is 0.0162. The Hall–Kier alpha value is -1.59. The van der Waals surface area contributed by atoms with Crippen molar-refractivity contribution < 1.29 is 14.6 Å². The molecule has 17 heavy (non-hydrogen) atoms. The Bertz CT molecular complexity index is 565.